The van der Waals surface area contributed by atoms with E-state index in [4.69, 9.17) is 0 Å². The number of piperidine rings is 1. The fourth-order valence-corrected chi connectivity index (χ4v) is 3.73. The number of rotatable bonds is 6. The van der Waals surface area contributed by atoms with Gasteiger partial charge in [-0.2, -0.15) is 0 Å². The number of nitrogens with one attached hydrogen (secondary N) is 2. The lowest BCUT2D eigenvalue weighted by Gasteiger charge is -2.32. The minimum atomic E-state index is -0.235. The van der Waals surface area contributed by atoms with Gasteiger partial charge in [0.1, 0.15) is 5.82 Å². The maximum atomic E-state index is 13.0. The first kappa shape index (κ1) is 21.0. The fourth-order valence-electron chi connectivity index (χ4n) is 3.73. The first-order chi connectivity index (χ1) is 13.9. The Bertz CT molecular complexity index is 839. The van der Waals surface area contributed by atoms with Crippen LogP contribution in [0.4, 0.5) is 4.39 Å². The highest BCUT2D eigenvalue weighted by Gasteiger charge is 2.21. The van der Waals surface area contributed by atoms with Gasteiger partial charge in [0.05, 0.1) is 6.54 Å². The van der Waals surface area contributed by atoms with Gasteiger partial charge in [-0.05, 0) is 56.5 Å². The zero-order valence-electron chi connectivity index (χ0n) is 17.0. The number of aryl methyl sites for hydroxylation is 2. The van der Waals surface area contributed by atoms with Gasteiger partial charge in [-0.1, -0.05) is 29.3 Å². The first-order valence-corrected chi connectivity index (χ1v) is 10.0. The summed E-state index contributed by atoms with van der Waals surface area (Å²) < 4.78 is 13.0. The molecule has 5 nitrogen and oxygen atoms in total. The number of halogens is 1. The zero-order chi connectivity index (χ0) is 20.8. The van der Waals surface area contributed by atoms with E-state index in [1.54, 1.807) is 0 Å². The smallest absolute Gasteiger partial charge is 0.251 e. The van der Waals surface area contributed by atoms with Crippen molar-refractivity contribution in [3.63, 3.8) is 0 Å². The molecule has 1 heterocycles. The van der Waals surface area contributed by atoms with Crippen LogP contribution in [0.5, 0.6) is 0 Å². The predicted molar refractivity (Wildman–Crippen MR) is 111 cm³/mol. The van der Waals surface area contributed by atoms with Crippen molar-refractivity contribution < 1.29 is 14.0 Å². The highest BCUT2D eigenvalue weighted by Crippen LogP contribution is 2.14. The van der Waals surface area contributed by atoms with Crippen molar-refractivity contribution in [2.24, 2.45) is 0 Å². The average Bonchev–Trinajstić information content (AvgIpc) is 2.68. The minimum Gasteiger partial charge on any atom is -0.352 e. The number of carbonyl (C=O) groups is 2. The molecule has 1 fully saturated rings. The van der Waals surface area contributed by atoms with Crippen molar-refractivity contribution in [1.29, 1.82) is 0 Å². The maximum absolute atomic E-state index is 13.0. The molecule has 1 saturated heterocycles. The Hall–Kier alpha value is -2.73. The Morgan fingerprint density at radius 3 is 2.28 bits per heavy atom. The summed E-state index contributed by atoms with van der Waals surface area (Å²) in [5.74, 6) is -0.624. The summed E-state index contributed by atoms with van der Waals surface area (Å²) in [6.07, 6.45) is 1.72. The van der Waals surface area contributed by atoms with Crippen molar-refractivity contribution in [3.05, 3.63) is 70.5 Å². The molecule has 0 aliphatic carbocycles. The van der Waals surface area contributed by atoms with Crippen molar-refractivity contribution in [2.75, 3.05) is 19.6 Å². The molecule has 0 atom stereocenters. The largest absolute Gasteiger partial charge is 0.352 e. The number of carbonyl (C=O) groups excluding carboxylic acids is 2. The first-order valence-electron chi connectivity index (χ1n) is 10.0. The molecule has 2 N–H and O–H groups in total. The van der Waals surface area contributed by atoms with Crippen LogP contribution in [0.1, 0.15) is 39.9 Å². The average molecular weight is 397 g/mol. The Morgan fingerprint density at radius 1 is 1.03 bits per heavy atom. The lowest BCUT2D eigenvalue weighted by molar-refractivity contribution is -0.121. The molecule has 1 aliphatic rings. The molecule has 6 heteroatoms. The fraction of sp³-hybridized carbons (Fsp3) is 0.391. The molecule has 2 amide bonds. The van der Waals surface area contributed by atoms with E-state index in [1.807, 2.05) is 44.2 Å². The van der Waals surface area contributed by atoms with Gasteiger partial charge in [0.25, 0.3) is 5.91 Å². The van der Waals surface area contributed by atoms with E-state index in [0.717, 1.165) is 49.2 Å². The van der Waals surface area contributed by atoms with Crippen LogP contribution in [0.25, 0.3) is 0 Å². The summed E-state index contributed by atoms with van der Waals surface area (Å²) >= 11 is 0. The van der Waals surface area contributed by atoms with Gasteiger partial charge in [-0.15, -0.1) is 0 Å². The molecule has 2 aromatic carbocycles. The third kappa shape index (κ3) is 6.39. The molecule has 1 aliphatic heterocycles. The minimum absolute atomic E-state index is 0.0262. The van der Waals surface area contributed by atoms with Crippen LogP contribution >= 0.6 is 0 Å². The molecule has 0 bridgehead atoms. The van der Waals surface area contributed by atoms with Crippen molar-refractivity contribution in [3.8, 4) is 0 Å². The van der Waals surface area contributed by atoms with Gasteiger partial charge < -0.3 is 10.6 Å². The predicted octanol–water partition coefficient (Wildman–Crippen LogP) is 2.95. The van der Waals surface area contributed by atoms with E-state index in [1.165, 1.54) is 12.1 Å². The van der Waals surface area contributed by atoms with E-state index in [9.17, 15) is 14.0 Å². The molecular weight excluding hydrogens is 369 g/mol. The second kappa shape index (κ2) is 9.65. The van der Waals surface area contributed by atoms with E-state index >= 15 is 0 Å². The van der Waals surface area contributed by atoms with Crippen LogP contribution < -0.4 is 10.6 Å². The maximum Gasteiger partial charge on any atom is 0.251 e. The Labute approximate surface area is 171 Å². The second-order valence-corrected chi connectivity index (χ2v) is 7.80. The second-order valence-electron chi connectivity index (χ2n) is 7.80. The Balaban J connectivity index is 1.39. The van der Waals surface area contributed by atoms with Crippen molar-refractivity contribution in [1.82, 2.24) is 15.5 Å². The van der Waals surface area contributed by atoms with Crippen molar-refractivity contribution >= 4 is 11.8 Å². The molecule has 2 aromatic rings. The van der Waals surface area contributed by atoms with Crippen molar-refractivity contribution in [2.45, 2.75) is 39.3 Å². The van der Waals surface area contributed by atoms with Gasteiger partial charge in [0.15, 0.2) is 0 Å². The summed E-state index contributed by atoms with van der Waals surface area (Å²) in [5, 5.41) is 5.71. The Kier molecular flexibility index (Phi) is 6.99. The van der Waals surface area contributed by atoms with Gasteiger partial charge >= 0.3 is 0 Å². The normalized spacial score (nSPS) is 15.1. The molecule has 154 valence electrons. The Morgan fingerprint density at radius 2 is 1.66 bits per heavy atom. The lowest BCUT2D eigenvalue weighted by atomic mass is 10.0. The van der Waals surface area contributed by atoms with Crippen LogP contribution in [0, 0.1) is 19.7 Å². The van der Waals surface area contributed by atoms with Gasteiger partial charge in [0, 0.05) is 31.2 Å². The number of hydrogen-bond donors (Lipinski definition) is 2. The van der Waals surface area contributed by atoms with Crippen LogP contribution in [0.2, 0.25) is 0 Å². The standard InChI is InChI=1S/C23H28FN3O2/c1-16-11-17(2)13-19(12-16)23(29)25-14-22(28)26-21-7-9-27(10-8-21)15-18-3-5-20(24)6-4-18/h3-6,11-13,21H,7-10,14-15H2,1-2H3,(H,25,29)(H,26,28). The van der Waals surface area contributed by atoms with E-state index < -0.39 is 0 Å². The van der Waals surface area contributed by atoms with Gasteiger partial charge in [-0.25, -0.2) is 4.39 Å². The third-order valence-corrected chi connectivity index (χ3v) is 5.17. The molecule has 0 saturated carbocycles. The summed E-state index contributed by atoms with van der Waals surface area (Å²) in [6, 6.07) is 12.3. The van der Waals surface area contributed by atoms with Crippen LogP contribution in [-0.4, -0.2) is 42.4 Å². The highest BCUT2D eigenvalue weighted by molar-refractivity contribution is 5.96. The van der Waals surface area contributed by atoms with Gasteiger partial charge in [0.2, 0.25) is 5.91 Å². The quantitative estimate of drug-likeness (QED) is 0.788. The number of amides is 2. The molecule has 0 aromatic heterocycles. The number of hydrogen-bond acceptors (Lipinski definition) is 3. The van der Waals surface area contributed by atoms with E-state index in [0.29, 0.717) is 5.56 Å². The lowest BCUT2D eigenvalue weighted by Crippen LogP contribution is -2.47. The summed E-state index contributed by atoms with van der Waals surface area (Å²) in [7, 11) is 0. The molecule has 0 unspecified atom stereocenters. The zero-order valence-corrected chi connectivity index (χ0v) is 17.0. The van der Waals surface area contributed by atoms with Crippen LogP contribution in [0.3, 0.4) is 0 Å². The number of nitrogens with zero attached hydrogens (tertiary/aromatic N) is 1. The van der Waals surface area contributed by atoms with Crippen LogP contribution in [0.15, 0.2) is 42.5 Å². The SMILES string of the molecule is Cc1cc(C)cc(C(=O)NCC(=O)NC2CCN(Cc3ccc(F)cc3)CC2)c1. The number of benzene rings is 2. The molecular formula is C23H28FN3O2. The highest BCUT2D eigenvalue weighted by atomic mass is 19.1. The molecule has 0 radical (unpaired) electrons. The van der Waals surface area contributed by atoms with E-state index in [2.05, 4.69) is 15.5 Å². The summed E-state index contributed by atoms with van der Waals surface area (Å²) in [6.45, 7) is 6.39. The molecule has 3 rings (SSSR count). The summed E-state index contributed by atoms with van der Waals surface area (Å²) in [5.41, 5.74) is 3.70. The van der Waals surface area contributed by atoms with Crippen LogP contribution in [-0.2, 0) is 11.3 Å². The molecule has 29 heavy (non-hydrogen) atoms. The molecule has 0 spiro atoms. The summed E-state index contributed by atoms with van der Waals surface area (Å²) in [4.78, 5) is 26.8. The third-order valence-electron chi connectivity index (χ3n) is 5.17. The topological polar surface area (TPSA) is 61.4 Å². The monoisotopic (exact) mass is 397 g/mol. The van der Waals surface area contributed by atoms with Gasteiger partial charge in [-0.3, -0.25) is 14.5 Å². The van der Waals surface area contributed by atoms with E-state index in [-0.39, 0.29) is 30.2 Å². The number of likely N-dealkylation sites (tertiary alicyclic amines) is 1.